The molecule has 0 saturated carbocycles. The first-order chi connectivity index (χ1) is 13.1. The lowest BCUT2D eigenvalue weighted by Crippen LogP contribution is -2.55. The van der Waals surface area contributed by atoms with E-state index in [2.05, 4.69) is 44.0 Å². The summed E-state index contributed by atoms with van der Waals surface area (Å²) in [5, 5.41) is 7.67. The fraction of sp³-hybridized carbons (Fsp3) is 0.789. The average molecular weight is 506 g/mol. The molecule has 2 unspecified atom stereocenters. The first-order valence-corrected chi connectivity index (χ1v) is 10.0. The molecule has 0 aromatic carbocycles. The summed E-state index contributed by atoms with van der Waals surface area (Å²) in [4.78, 5) is 11.8. The molecular formula is C19H35IN6O2. The van der Waals surface area contributed by atoms with Crippen molar-refractivity contribution in [2.45, 2.75) is 39.4 Å². The number of guanidine groups is 1. The second kappa shape index (κ2) is 11.3. The molecule has 0 aliphatic carbocycles. The van der Waals surface area contributed by atoms with Crippen LogP contribution in [0.4, 0.5) is 0 Å². The van der Waals surface area contributed by atoms with Gasteiger partial charge in [0.05, 0.1) is 18.9 Å². The van der Waals surface area contributed by atoms with Gasteiger partial charge < -0.3 is 19.5 Å². The number of hydrogen-bond acceptors (Lipinski definition) is 6. The van der Waals surface area contributed by atoms with E-state index in [-0.39, 0.29) is 24.0 Å². The van der Waals surface area contributed by atoms with E-state index in [1.54, 1.807) is 0 Å². The van der Waals surface area contributed by atoms with Crippen LogP contribution in [0.5, 0.6) is 0 Å². The molecule has 0 bridgehead atoms. The van der Waals surface area contributed by atoms with Gasteiger partial charge in [-0.25, -0.2) is 0 Å². The minimum absolute atomic E-state index is 0. The first kappa shape index (κ1) is 23.4. The molecule has 3 rings (SSSR count). The van der Waals surface area contributed by atoms with Crippen LogP contribution in [0.3, 0.4) is 0 Å². The van der Waals surface area contributed by atoms with Gasteiger partial charge in [-0.05, 0) is 20.8 Å². The number of aliphatic imine (C=N–C) groups is 1. The fourth-order valence-corrected chi connectivity index (χ4v) is 3.92. The number of piperazine rings is 1. The molecule has 0 spiro atoms. The Morgan fingerprint density at radius 3 is 2.68 bits per heavy atom. The second-order valence-corrected chi connectivity index (χ2v) is 7.63. The highest BCUT2D eigenvalue weighted by atomic mass is 127. The van der Waals surface area contributed by atoms with Gasteiger partial charge in [0.15, 0.2) is 5.96 Å². The standard InChI is InChI=1S/C19H34N6O2.HI/c1-15(25-9-10-26-14-16(25)2)12-21-19(20-4)24-7-5-23(6-8-24)13-18-11-17(3)27-22-18;/h11,15-16H,5-10,12-14H2,1-4H3,(H,20,21);1H. The zero-order valence-corrected chi connectivity index (χ0v) is 19.9. The van der Waals surface area contributed by atoms with Crippen LogP contribution in [0, 0.1) is 6.92 Å². The smallest absolute Gasteiger partial charge is 0.193 e. The van der Waals surface area contributed by atoms with Crippen molar-refractivity contribution in [2.75, 3.05) is 59.5 Å². The highest BCUT2D eigenvalue weighted by Crippen LogP contribution is 2.11. The van der Waals surface area contributed by atoms with Crippen molar-refractivity contribution in [3.8, 4) is 0 Å². The van der Waals surface area contributed by atoms with Gasteiger partial charge in [0, 0.05) is 71.0 Å². The maximum Gasteiger partial charge on any atom is 0.193 e. The maximum absolute atomic E-state index is 5.55. The summed E-state index contributed by atoms with van der Waals surface area (Å²) in [5.41, 5.74) is 1.01. The van der Waals surface area contributed by atoms with Gasteiger partial charge in [0.1, 0.15) is 5.76 Å². The summed E-state index contributed by atoms with van der Waals surface area (Å²) in [6, 6.07) is 2.94. The third-order valence-electron chi connectivity index (χ3n) is 5.49. The highest BCUT2D eigenvalue weighted by Gasteiger charge is 2.25. The number of hydrogen-bond donors (Lipinski definition) is 1. The normalized spacial score (nSPS) is 23.4. The Labute approximate surface area is 185 Å². The fourth-order valence-electron chi connectivity index (χ4n) is 3.92. The van der Waals surface area contributed by atoms with E-state index in [0.29, 0.717) is 12.1 Å². The van der Waals surface area contributed by atoms with E-state index in [9.17, 15) is 0 Å². The Morgan fingerprint density at radius 1 is 1.32 bits per heavy atom. The number of morpholine rings is 1. The zero-order chi connectivity index (χ0) is 19.2. The minimum atomic E-state index is 0. The van der Waals surface area contributed by atoms with Crippen molar-refractivity contribution < 1.29 is 9.26 Å². The Balaban J connectivity index is 0.00000280. The molecule has 1 aromatic rings. The summed E-state index contributed by atoms with van der Waals surface area (Å²) in [6.07, 6.45) is 0. The molecule has 160 valence electrons. The van der Waals surface area contributed by atoms with Crippen molar-refractivity contribution >= 4 is 29.9 Å². The van der Waals surface area contributed by atoms with Gasteiger partial charge in [-0.15, -0.1) is 24.0 Å². The largest absolute Gasteiger partial charge is 0.379 e. The second-order valence-electron chi connectivity index (χ2n) is 7.63. The minimum Gasteiger partial charge on any atom is -0.379 e. The van der Waals surface area contributed by atoms with Gasteiger partial charge in [0.2, 0.25) is 0 Å². The molecule has 28 heavy (non-hydrogen) atoms. The summed E-state index contributed by atoms with van der Waals surface area (Å²) < 4.78 is 10.7. The van der Waals surface area contributed by atoms with E-state index in [1.165, 1.54) is 0 Å². The van der Waals surface area contributed by atoms with Crippen LogP contribution in [-0.4, -0.2) is 97.4 Å². The molecule has 1 aromatic heterocycles. The lowest BCUT2D eigenvalue weighted by molar-refractivity contribution is -0.0175. The van der Waals surface area contributed by atoms with E-state index in [1.807, 2.05) is 20.0 Å². The van der Waals surface area contributed by atoms with E-state index in [4.69, 9.17) is 9.26 Å². The van der Waals surface area contributed by atoms with Gasteiger partial charge in [0.25, 0.3) is 0 Å². The third-order valence-corrected chi connectivity index (χ3v) is 5.49. The van der Waals surface area contributed by atoms with Gasteiger partial charge in [-0.1, -0.05) is 5.16 Å². The molecule has 2 saturated heterocycles. The summed E-state index contributed by atoms with van der Waals surface area (Å²) in [6.45, 7) is 14.8. The van der Waals surface area contributed by atoms with Gasteiger partial charge in [-0.2, -0.15) is 0 Å². The van der Waals surface area contributed by atoms with Gasteiger partial charge >= 0.3 is 0 Å². The molecule has 2 atom stereocenters. The summed E-state index contributed by atoms with van der Waals surface area (Å²) >= 11 is 0. The number of nitrogens with one attached hydrogen (secondary N) is 1. The number of ether oxygens (including phenoxy) is 1. The zero-order valence-electron chi connectivity index (χ0n) is 17.6. The third kappa shape index (κ3) is 6.30. The van der Waals surface area contributed by atoms with Crippen molar-refractivity contribution in [3.63, 3.8) is 0 Å². The van der Waals surface area contributed by atoms with Crippen LogP contribution in [-0.2, 0) is 11.3 Å². The molecule has 8 nitrogen and oxygen atoms in total. The lowest BCUT2D eigenvalue weighted by Gasteiger charge is -2.39. The van der Waals surface area contributed by atoms with Crippen LogP contribution >= 0.6 is 24.0 Å². The number of rotatable bonds is 5. The Morgan fingerprint density at radius 2 is 2.07 bits per heavy atom. The summed E-state index contributed by atoms with van der Waals surface area (Å²) in [7, 11) is 1.87. The van der Waals surface area contributed by atoms with E-state index in [0.717, 1.165) is 76.4 Å². The van der Waals surface area contributed by atoms with Crippen molar-refractivity contribution in [1.29, 1.82) is 0 Å². The Bertz CT molecular complexity index is 617. The molecule has 0 amide bonds. The van der Waals surface area contributed by atoms with Crippen LogP contribution < -0.4 is 5.32 Å². The lowest BCUT2D eigenvalue weighted by atomic mass is 10.2. The quantitative estimate of drug-likeness (QED) is 0.368. The SMILES string of the molecule is CN=C(NCC(C)N1CCOCC1C)N1CCN(Cc2cc(C)on2)CC1.I. The molecule has 9 heteroatoms. The van der Waals surface area contributed by atoms with E-state index >= 15 is 0 Å². The maximum atomic E-state index is 5.55. The van der Waals surface area contributed by atoms with Crippen molar-refractivity contribution in [1.82, 2.24) is 25.2 Å². The number of aromatic nitrogens is 1. The van der Waals surface area contributed by atoms with Crippen molar-refractivity contribution in [3.05, 3.63) is 17.5 Å². The van der Waals surface area contributed by atoms with Gasteiger partial charge in [-0.3, -0.25) is 14.8 Å². The van der Waals surface area contributed by atoms with Crippen LogP contribution in [0.1, 0.15) is 25.3 Å². The van der Waals surface area contributed by atoms with Crippen LogP contribution in [0.15, 0.2) is 15.6 Å². The monoisotopic (exact) mass is 506 g/mol. The number of nitrogens with zero attached hydrogens (tertiary/aromatic N) is 5. The van der Waals surface area contributed by atoms with Crippen LogP contribution in [0.2, 0.25) is 0 Å². The average Bonchev–Trinajstić information content (AvgIpc) is 3.08. The molecule has 3 heterocycles. The molecule has 2 aliphatic heterocycles. The predicted octanol–water partition coefficient (Wildman–Crippen LogP) is 1.40. The molecule has 2 aliphatic rings. The topological polar surface area (TPSA) is 69.4 Å². The molecule has 0 radical (unpaired) electrons. The van der Waals surface area contributed by atoms with E-state index < -0.39 is 0 Å². The molecule has 2 fully saturated rings. The number of halogens is 1. The molecular weight excluding hydrogens is 471 g/mol. The summed E-state index contributed by atoms with van der Waals surface area (Å²) in [5.74, 6) is 1.87. The Hall–Kier alpha value is -0.910. The molecule has 1 N–H and O–H groups in total. The predicted molar refractivity (Wildman–Crippen MR) is 121 cm³/mol. The van der Waals surface area contributed by atoms with Crippen LogP contribution in [0.25, 0.3) is 0 Å². The Kier molecular flexibility index (Phi) is 9.45. The van der Waals surface area contributed by atoms with Crippen molar-refractivity contribution in [2.24, 2.45) is 4.99 Å². The highest BCUT2D eigenvalue weighted by molar-refractivity contribution is 14.0. The first-order valence-electron chi connectivity index (χ1n) is 10.0. The number of aryl methyl sites for hydroxylation is 1.